The van der Waals surface area contributed by atoms with Gasteiger partial charge in [-0.15, -0.1) is 0 Å². The Labute approximate surface area is 88.1 Å². The quantitative estimate of drug-likeness (QED) is 0.736. The van der Waals surface area contributed by atoms with E-state index in [2.05, 4.69) is 31.1 Å². The summed E-state index contributed by atoms with van der Waals surface area (Å²) in [6.07, 6.45) is 4.15. The van der Waals surface area contributed by atoms with Gasteiger partial charge in [-0.05, 0) is 51.6 Å². The molecule has 0 bridgehead atoms. The highest BCUT2D eigenvalue weighted by Gasteiger charge is 2.35. The zero-order valence-electron chi connectivity index (χ0n) is 9.84. The molecule has 1 saturated carbocycles. The molecule has 2 rings (SSSR count). The molecule has 2 heteroatoms. The lowest BCUT2D eigenvalue weighted by molar-refractivity contribution is 0.230. The van der Waals surface area contributed by atoms with Gasteiger partial charge in [0.1, 0.15) is 0 Å². The van der Waals surface area contributed by atoms with Crippen LogP contribution in [0.4, 0.5) is 0 Å². The second kappa shape index (κ2) is 3.82. The summed E-state index contributed by atoms with van der Waals surface area (Å²) in [7, 11) is 2.27. The first-order valence-corrected chi connectivity index (χ1v) is 6.03. The largest absolute Gasteiger partial charge is 0.310 e. The van der Waals surface area contributed by atoms with Crippen LogP contribution in [-0.4, -0.2) is 37.1 Å². The summed E-state index contributed by atoms with van der Waals surface area (Å²) >= 11 is 0. The average Bonchev–Trinajstić information content (AvgIpc) is 2.61. The number of nitrogens with one attached hydrogen (secondary N) is 1. The van der Waals surface area contributed by atoms with Gasteiger partial charge < -0.3 is 10.2 Å². The lowest BCUT2D eigenvalue weighted by atomic mass is 10.00. The fraction of sp³-hybridized carbons (Fsp3) is 1.00. The van der Waals surface area contributed by atoms with Gasteiger partial charge in [-0.1, -0.05) is 6.92 Å². The van der Waals surface area contributed by atoms with Crippen molar-refractivity contribution in [3.05, 3.63) is 0 Å². The van der Waals surface area contributed by atoms with Crippen LogP contribution < -0.4 is 5.32 Å². The topological polar surface area (TPSA) is 15.3 Å². The molecule has 3 unspecified atom stereocenters. The van der Waals surface area contributed by atoms with Crippen molar-refractivity contribution in [2.45, 2.75) is 38.6 Å². The number of hydrogen-bond acceptors (Lipinski definition) is 2. The molecule has 0 spiro atoms. The molecule has 82 valence electrons. The van der Waals surface area contributed by atoms with Gasteiger partial charge in [-0.25, -0.2) is 0 Å². The van der Waals surface area contributed by atoms with Crippen LogP contribution in [0.2, 0.25) is 0 Å². The van der Waals surface area contributed by atoms with Gasteiger partial charge in [-0.3, -0.25) is 0 Å². The first-order valence-electron chi connectivity index (χ1n) is 6.03. The van der Waals surface area contributed by atoms with E-state index in [1.54, 1.807) is 0 Å². The highest BCUT2D eigenvalue weighted by molar-refractivity contribution is 4.92. The van der Waals surface area contributed by atoms with Crippen molar-refractivity contribution in [3.63, 3.8) is 0 Å². The minimum absolute atomic E-state index is 0.396. The fourth-order valence-corrected chi connectivity index (χ4v) is 2.81. The van der Waals surface area contributed by atoms with Crippen LogP contribution in [0.25, 0.3) is 0 Å². The fourth-order valence-electron chi connectivity index (χ4n) is 2.81. The molecule has 2 fully saturated rings. The molecule has 0 aromatic heterocycles. The van der Waals surface area contributed by atoms with Gasteiger partial charge in [0, 0.05) is 18.6 Å². The Morgan fingerprint density at radius 2 is 2.21 bits per heavy atom. The lowest BCUT2D eigenvalue weighted by Gasteiger charge is -2.30. The van der Waals surface area contributed by atoms with Gasteiger partial charge in [0.25, 0.3) is 0 Å². The molecule has 1 saturated heterocycles. The summed E-state index contributed by atoms with van der Waals surface area (Å²) in [5.74, 6) is 1.98. The minimum atomic E-state index is 0.396. The summed E-state index contributed by atoms with van der Waals surface area (Å²) < 4.78 is 0. The van der Waals surface area contributed by atoms with E-state index < -0.39 is 0 Å². The highest BCUT2D eigenvalue weighted by atomic mass is 15.2. The lowest BCUT2D eigenvalue weighted by Crippen LogP contribution is -2.46. The van der Waals surface area contributed by atoms with Crippen LogP contribution in [0.3, 0.4) is 0 Å². The molecule has 1 aliphatic heterocycles. The second-order valence-corrected chi connectivity index (χ2v) is 5.76. The molecular formula is C12H24N2. The molecule has 3 atom stereocenters. The van der Waals surface area contributed by atoms with E-state index in [1.165, 1.54) is 38.9 Å². The third-order valence-electron chi connectivity index (χ3n) is 3.90. The predicted molar refractivity (Wildman–Crippen MR) is 60.4 cm³/mol. The summed E-state index contributed by atoms with van der Waals surface area (Å²) in [6, 6.07) is 0. The average molecular weight is 196 g/mol. The Morgan fingerprint density at radius 3 is 2.71 bits per heavy atom. The summed E-state index contributed by atoms with van der Waals surface area (Å²) in [4.78, 5) is 2.52. The SMILES string of the molecule is CC1CC1CN(C)CC1(C)CCCN1. The van der Waals surface area contributed by atoms with Gasteiger partial charge in [0.05, 0.1) is 0 Å². The molecule has 1 aliphatic carbocycles. The zero-order valence-corrected chi connectivity index (χ0v) is 9.84. The van der Waals surface area contributed by atoms with Crippen LogP contribution in [0, 0.1) is 11.8 Å². The molecule has 0 aromatic carbocycles. The smallest absolute Gasteiger partial charge is 0.0280 e. The van der Waals surface area contributed by atoms with Crippen molar-refractivity contribution >= 4 is 0 Å². The molecule has 0 amide bonds. The monoisotopic (exact) mass is 196 g/mol. The Bertz CT molecular complexity index is 196. The van der Waals surface area contributed by atoms with Crippen molar-refractivity contribution in [2.75, 3.05) is 26.7 Å². The summed E-state index contributed by atoms with van der Waals surface area (Å²) in [6.45, 7) is 8.47. The molecular weight excluding hydrogens is 172 g/mol. The second-order valence-electron chi connectivity index (χ2n) is 5.76. The number of hydrogen-bond donors (Lipinski definition) is 1. The van der Waals surface area contributed by atoms with E-state index in [0.29, 0.717) is 5.54 Å². The van der Waals surface area contributed by atoms with E-state index in [9.17, 15) is 0 Å². The molecule has 1 N–H and O–H groups in total. The maximum absolute atomic E-state index is 3.63. The third-order valence-corrected chi connectivity index (χ3v) is 3.90. The van der Waals surface area contributed by atoms with Crippen LogP contribution in [0.1, 0.15) is 33.1 Å². The zero-order chi connectivity index (χ0) is 10.2. The molecule has 2 nitrogen and oxygen atoms in total. The van der Waals surface area contributed by atoms with E-state index in [4.69, 9.17) is 0 Å². The maximum Gasteiger partial charge on any atom is 0.0280 e. The van der Waals surface area contributed by atoms with E-state index >= 15 is 0 Å². The van der Waals surface area contributed by atoms with Crippen LogP contribution in [0.5, 0.6) is 0 Å². The first kappa shape index (κ1) is 10.4. The van der Waals surface area contributed by atoms with Crippen LogP contribution in [0.15, 0.2) is 0 Å². The van der Waals surface area contributed by atoms with Gasteiger partial charge >= 0.3 is 0 Å². The summed E-state index contributed by atoms with van der Waals surface area (Å²) in [5, 5.41) is 3.63. The van der Waals surface area contributed by atoms with Crippen molar-refractivity contribution in [2.24, 2.45) is 11.8 Å². The van der Waals surface area contributed by atoms with Crippen molar-refractivity contribution in [1.29, 1.82) is 0 Å². The van der Waals surface area contributed by atoms with Crippen LogP contribution >= 0.6 is 0 Å². The molecule has 0 aromatic rings. The first-order chi connectivity index (χ1) is 6.59. The van der Waals surface area contributed by atoms with E-state index in [-0.39, 0.29) is 0 Å². The van der Waals surface area contributed by atoms with Crippen molar-refractivity contribution in [1.82, 2.24) is 10.2 Å². The Kier molecular flexibility index (Phi) is 2.85. The van der Waals surface area contributed by atoms with Crippen molar-refractivity contribution < 1.29 is 0 Å². The molecule has 14 heavy (non-hydrogen) atoms. The third kappa shape index (κ3) is 2.48. The maximum atomic E-state index is 3.63. The van der Waals surface area contributed by atoms with E-state index in [1.807, 2.05) is 0 Å². The number of likely N-dealkylation sites (N-methyl/N-ethyl adjacent to an activating group) is 1. The Morgan fingerprint density at radius 1 is 1.50 bits per heavy atom. The van der Waals surface area contributed by atoms with E-state index in [0.717, 1.165) is 11.8 Å². The van der Waals surface area contributed by atoms with Crippen molar-refractivity contribution in [3.8, 4) is 0 Å². The number of nitrogens with zero attached hydrogens (tertiary/aromatic N) is 1. The van der Waals surface area contributed by atoms with Gasteiger partial charge in [-0.2, -0.15) is 0 Å². The number of rotatable bonds is 4. The Hall–Kier alpha value is -0.0800. The molecule has 0 radical (unpaired) electrons. The Balaban J connectivity index is 1.73. The summed E-state index contributed by atoms with van der Waals surface area (Å²) in [5.41, 5.74) is 0.396. The minimum Gasteiger partial charge on any atom is -0.310 e. The molecule has 2 aliphatic rings. The normalized spacial score (nSPS) is 42.0. The predicted octanol–water partition coefficient (Wildman–Crippen LogP) is 1.72. The standard InChI is InChI=1S/C12H24N2/c1-10-7-11(10)8-14(3)9-12(2)5-4-6-13-12/h10-11,13H,4-9H2,1-3H3. The highest BCUT2D eigenvalue weighted by Crippen LogP contribution is 2.38. The van der Waals surface area contributed by atoms with Gasteiger partial charge in [0.15, 0.2) is 0 Å². The van der Waals surface area contributed by atoms with Gasteiger partial charge in [0.2, 0.25) is 0 Å². The van der Waals surface area contributed by atoms with Crippen LogP contribution in [-0.2, 0) is 0 Å². The molecule has 1 heterocycles.